The monoisotopic (exact) mass is 261 g/mol. The average molecular weight is 261 g/mol. The first kappa shape index (κ1) is 13.0. The fraction of sp³-hybridized carbons (Fsp3) is 0.250. The number of nitrogens with one attached hydrogen (secondary N) is 2. The molecule has 0 aliphatic carbocycles. The Bertz CT molecular complexity index is 502. The van der Waals surface area contributed by atoms with Crippen LogP contribution < -0.4 is 9.44 Å². The number of anilines is 1. The van der Waals surface area contributed by atoms with Crippen LogP contribution in [0, 0.1) is 0 Å². The predicted octanol–water partition coefficient (Wildman–Crippen LogP) is 0.190. The van der Waals surface area contributed by atoms with Crippen molar-refractivity contribution < 1.29 is 23.1 Å². The Morgan fingerprint density at radius 1 is 1.59 bits per heavy atom. The van der Waals surface area contributed by atoms with Gasteiger partial charge in [0, 0.05) is 6.20 Å². The predicted molar refractivity (Wildman–Crippen MR) is 58.6 cm³/mol. The number of nitrogens with zero attached hydrogens (tertiary/aromatic N) is 1. The van der Waals surface area contributed by atoms with Crippen molar-refractivity contribution in [2.75, 3.05) is 11.3 Å². The Hall–Kier alpha value is -2.03. The summed E-state index contributed by atoms with van der Waals surface area (Å²) in [4.78, 5) is 14.5. The highest BCUT2D eigenvalue weighted by molar-refractivity contribution is 7.91. The van der Waals surface area contributed by atoms with E-state index in [1.807, 2.05) is 4.72 Å². The van der Waals surface area contributed by atoms with Gasteiger partial charge in [-0.15, -0.1) is 0 Å². The van der Waals surface area contributed by atoms with Gasteiger partial charge in [0.1, 0.15) is 0 Å². The van der Waals surface area contributed by atoms with Crippen molar-refractivity contribution in [1.82, 2.24) is 9.71 Å². The summed E-state index contributed by atoms with van der Waals surface area (Å²) < 4.78 is 30.6. The van der Waals surface area contributed by atoms with Gasteiger partial charge >= 0.3 is 16.3 Å². The molecule has 0 saturated carbocycles. The van der Waals surface area contributed by atoms with Crippen molar-refractivity contribution >= 4 is 22.1 Å². The summed E-state index contributed by atoms with van der Waals surface area (Å²) >= 11 is 0. The van der Waals surface area contributed by atoms with Gasteiger partial charge in [-0.05, 0) is 19.1 Å². The molecule has 1 rings (SSSR count). The molecule has 1 heterocycles. The van der Waals surface area contributed by atoms with Crippen molar-refractivity contribution in [2.24, 2.45) is 0 Å². The van der Waals surface area contributed by atoms with Gasteiger partial charge in [0.2, 0.25) is 0 Å². The number of hydrogen-bond donors (Lipinski definition) is 3. The largest absolute Gasteiger partial charge is 0.504 e. The number of aromatic hydroxyl groups is 1. The molecule has 0 atom stereocenters. The van der Waals surface area contributed by atoms with Crippen LogP contribution in [-0.4, -0.2) is 31.2 Å². The SMILES string of the molecule is CCOC(=O)NS(=O)(=O)Nc1ncccc1O. The number of rotatable bonds is 4. The number of carbonyl (C=O) groups excluding carboxylic acids is 1. The second kappa shape index (κ2) is 5.34. The fourth-order valence-electron chi connectivity index (χ4n) is 0.899. The van der Waals surface area contributed by atoms with Crippen molar-refractivity contribution in [1.29, 1.82) is 0 Å². The minimum Gasteiger partial charge on any atom is -0.504 e. The summed E-state index contributed by atoms with van der Waals surface area (Å²) in [5.41, 5.74) is 0. The van der Waals surface area contributed by atoms with E-state index >= 15 is 0 Å². The first-order valence-electron chi connectivity index (χ1n) is 4.56. The standard InChI is InChI=1S/C8H11N3O5S/c1-2-16-8(13)11-17(14,15)10-7-6(12)4-3-5-9-7/h3-5,12H,2H2,1H3,(H,9,10)(H,11,13). The molecular weight excluding hydrogens is 250 g/mol. The fourth-order valence-corrected chi connectivity index (χ4v) is 1.64. The van der Waals surface area contributed by atoms with Crippen LogP contribution in [-0.2, 0) is 14.9 Å². The second-order valence-electron chi connectivity index (χ2n) is 2.80. The lowest BCUT2D eigenvalue weighted by Gasteiger charge is -2.09. The molecule has 17 heavy (non-hydrogen) atoms. The van der Waals surface area contributed by atoms with Crippen LogP contribution in [0.1, 0.15) is 6.92 Å². The summed E-state index contributed by atoms with van der Waals surface area (Å²) in [6.45, 7) is 1.57. The van der Waals surface area contributed by atoms with Crippen molar-refractivity contribution in [3.63, 3.8) is 0 Å². The molecule has 1 aromatic rings. The first-order chi connectivity index (χ1) is 7.94. The molecule has 0 bridgehead atoms. The molecule has 0 aliphatic rings. The summed E-state index contributed by atoms with van der Waals surface area (Å²) in [5, 5.41) is 9.28. The topological polar surface area (TPSA) is 118 Å². The molecular formula is C8H11N3O5S. The van der Waals surface area contributed by atoms with E-state index in [-0.39, 0.29) is 18.2 Å². The molecule has 1 aromatic heterocycles. The molecule has 9 heteroatoms. The van der Waals surface area contributed by atoms with Gasteiger partial charge in [-0.25, -0.2) is 19.2 Å². The molecule has 94 valence electrons. The average Bonchev–Trinajstić information content (AvgIpc) is 2.20. The van der Waals surface area contributed by atoms with Gasteiger partial charge in [0.15, 0.2) is 11.6 Å². The zero-order chi connectivity index (χ0) is 12.9. The lowest BCUT2D eigenvalue weighted by Crippen LogP contribution is -2.35. The normalized spacial score (nSPS) is 10.6. The van der Waals surface area contributed by atoms with Crippen LogP contribution in [0.15, 0.2) is 18.3 Å². The number of ether oxygens (including phenoxy) is 1. The third kappa shape index (κ3) is 4.15. The quantitative estimate of drug-likeness (QED) is 0.712. The highest BCUT2D eigenvalue weighted by Gasteiger charge is 2.17. The van der Waals surface area contributed by atoms with E-state index in [1.165, 1.54) is 25.3 Å². The smallest absolute Gasteiger partial charge is 0.422 e. The van der Waals surface area contributed by atoms with Crippen LogP contribution in [0.25, 0.3) is 0 Å². The Morgan fingerprint density at radius 2 is 2.29 bits per heavy atom. The lowest BCUT2D eigenvalue weighted by molar-refractivity contribution is 0.159. The lowest BCUT2D eigenvalue weighted by atomic mass is 10.4. The molecule has 0 radical (unpaired) electrons. The molecule has 0 spiro atoms. The molecule has 8 nitrogen and oxygen atoms in total. The Kier molecular flexibility index (Phi) is 4.10. The third-order valence-corrected chi connectivity index (χ3v) is 2.41. The van der Waals surface area contributed by atoms with Gasteiger partial charge in [-0.2, -0.15) is 8.42 Å². The van der Waals surface area contributed by atoms with Crippen LogP contribution in [0.4, 0.5) is 10.6 Å². The van der Waals surface area contributed by atoms with Crippen LogP contribution in [0.3, 0.4) is 0 Å². The molecule has 0 aliphatic heterocycles. The van der Waals surface area contributed by atoms with E-state index in [0.717, 1.165) is 0 Å². The summed E-state index contributed by atoms with van der Waals surface area (Å²) in [6.07, 6.45) is 0.164. The number of pyridine rings is 1. The van der Waals surface area contributed by atoms with Crippen LogP contribution in [0.2, 0.25) is 0 Å². The summed E-state index contributed by atoms with van der Waals surface area (Å²) in [6, 6.07) is 2.67. The van der Waals surface area contributed by atoms with E-state index < -0.39 is 16.3 Å². The zero-order valence-corrected chi connectivity index (χ0v) is 9.69. The van der Waals surface area contributed by atoms with Gasteiger partial charge in [-0.1, -0.05) is 0 Å². The summed E-state index contributed by atoms with van der Waals surface area (Å²) in [5.74, 6) is -0.647. The van der Waals surface area contributed by atoms with Crippen molar-refractivity contribution in [3.05, 3.63) is 18.3 Å². The Labute approximate surface area is 97.8 Å². The number of carbonyl (C=O) groups is 1. The number of aromatic nitrogens is 1. The van der Waals surface area contributed by atoms with Crippen molar-refractivity contribution in [2.45, 2.75) is 6.92 Å². The van der Waals surface area contributed by atoms with Gasteiger partial charge in [-0.3, -0.25) is 0 Å². The van der Waals surface area contributed by atoms with Gasteiger partial charge in [0.05, 0.1) is 6.61 Å². The molecule has 3 N–H and O–H groups in total. The molecule has 0 aromatic carbocycles. The molecule has 1 amide bonds. The third-order valence-electron chi connectivity index (χ3n) is 1.51. The van der Waals surface area contributed by atoms with Gasteiger partial charge in [0.25, 0.3) is 0 Å². The highest BCUT2D eigenvalue weighted by atomic mass is 32.2. The van der Waals surface area contributed by atoms with E-state index in [1.54, 1.807) is 4.72 Å². The van der Waals surface area contributed by atoms with E-state index in [9.17, 15) is 18.3 Å². The van der Waals surface area contributed by atoms with Gasteiger partial charge < -0.3 is 9.84 Å². The molecule has 0 fully saturated rings. The van der Waals surface area contributed by atoms with Crippen molar-refractivity contribution in [3.8, 4) is 5.75 Å². The Morgan fingerprint density at radius 3 is 2.88 bits per heavy atom. The van der Waals surface area contributed by atoms with E-state index in [4.69, 9.17) is 0 Å². The minimum absolute atomic E-state index is 0.0379. The number of hydrogen-bond acceptors (Lipinski definition) is 6. The van der Waals surface area contributed by atoms with Crippen LogP contribution in [0.5, 0.6) is 5.75 Å². The Balaban J connectivity index is 2.74. The van der Waals surface area contributed by atoms with Crippen LogP contribution >= 0.6 is 0 Å². The van der Waals surface area contributed by atoms with E-state index in [0.29, 0.717) is 0 Å². The zero-order valence-electron chi connectivity index (χ0n) is 8.87. The minimum atomic E-state index is -4.18. The maximum absolute atomic E-state index is 11.4. The molecule has 0 saturated heterocycles. The first-order valence-corrected chi connectivity index (χ1v) is 6.04. The van der Waals surface area contributed by atoms with E-state index in [2.05, 4.69) is 9.72 Å². The molecule has 0 unspecified atom stereocenters. The number of amides is 1. The second-order valence-corrected chi connectivity index (χ2v) is 4.21. The highest BCUT2D eigenvalue weighted by Crippen LogP contribution is 2.18. The summed E-state index contributed by atoms with van der Waals surface area (Å²) in [7, 11) is -4.18. The maximum atomic E-state index is 11.4. The maximum Gasteiger partial charge on any atom is 0.422 e.